The zero-order chi connectivity index (χ0) is 23.7. The Morgan fingerprint density at radius 2 is 1.78 bits per heavy atom. The molecule has 32 heavy (non-hydrogen) atoms. The summed E-state index contributed by atoms with van der Waals surface area (Å²) in [5.41, 5.74) is 1.46. The van der Waals surface area contributed by atoms with Gasteiger partial charge in [0.05, 0.1) is 25.2 Å². The molecule has 2 unspecified atom stereocenters. The Labute approximate surface area is 198 Å². The minimum Gasteiger partial charge on any atom is -0.394 e. The van der Waals surface area contributed by atoms with Crippen molar-refractivity contribution in [2.75, 3.05) is 19.8 Å². The first-order valence-electron chi connectivity index (χ1n) is 12.2. The van der Waals surface area contributed by atoms with E-state index in [1.165, 1.54) is 12.8 Å². The minimum absolute atomic E-state index is 0.0359. The Kier molecular flexibility index (Phi) is 7.75. The Morgan fingerprint density at radius 1 is 1.12 bits per heavy atom. The van der Waals surface area contributed by atoms with Gasteiger partial charge in [-0.25, -0.2) is 0 Å². The lowest BCUT2D eigenvalue weighted by Gasteiger charge is -2.56. The van der Waals surface area contributed by atoms with Crippen LogP contribution >= 0.6 is 12.2 Å². The van der Waals surface area contributed by atoms with Crippen LogP contribution in [0.4, 0.5) is 0 Å². The Balaban J connectivity index is 1.79. The van der Waals surface area contributed by atoms with Gasteiger partial charge >= 0.3 is 0 Å². The lowest BCUT2D eigenvalue weighted by atomic mass is 9.48. The number of thiocarbonyl (C=S) groups is 1. The van der Waals surface area contributed by atoms with Crippen LogP contribution in [0.5, 0.6) is 0 Å². The normalized spacial score (nSPS) is 32.9. The van der Waals surface area contributed by atoms with E-state index < -0.39 is 30.8 Å². The predicted octanol–water partition coefficient (Wildman–Crippen LogP) is 3.05. The SMILES string of the molecule is CC(C)C1CCC2=C(CCC3[C@](C)(C(=O)NC(=S)NC(CO)(CO)CO)CCC[C@]23C)C1. The maximum absolute atomic E-state index is 13.5. The number of carbonyl (C=O) groups is 1. The summed E-state index contributed by atoms with van der Waals surface area (Å²) in [5, 5.41) is 34.3. The molecule has 0 aromatic carbocycles. The molecule has 3 rings (SSSR count). The maximum Gasteiger partial charge on any atom is 0.232 e. The van der Waals surface area contributed by atoms with Crippen LogP contribution in [-0.4, -0.2) is 51.7 Å². The molecule has 0 radical (unpaired) electrons. The maximum atomic E-state index is 13.5. The van der Waals surface area contributed by atoms with Gasteiger partial charge in [0.2, 0.25) is 5.91 Å². The van der Waals surface area contributed by atoms with E-state index in [1.807, 2.05) is 0 Å². The lowest BCUT2D eigenvalue weighted by Crippen LogP contribution is -2.62. The van der Waals surface area contributed by atoms with Gasteiger partial charge in [-0.1, -0.05) is 45.3 Å². The average Bonchev–Trinajstić information content (AvgIpc) is 2.77. The van der Waals surface area contributed by atoms with E-state index in [0.717, 1.165) is 50.4 Å². The summed E-state index contributed by atoms with van der Waals surface area (Å²) in [4.78, 5) is 13.5. The van der Waals surface area contributed by atoms with Gasteiger partial charge < -0.3 is 26.0 Å². The summed E-state index contributed by atoms with van der Waals surface area (Å²) in [6.07, 6.45) is 8.72. The Bertz CT molecular complexity index is 755. The first-order valence-corrected chi connectivity index (χ1v) is 12.6. The molecule has 0 bridgehead atoms. The van der Waals surface area contributed by atoms with Crippen LogP contribution in [0, 0.1) is 28.6 Å². The van der Waals surface area contributed by atoms with E-state index in [9.17, 15) is 20.1 Å². The second kappa shape index (κ2) is 9.69. The number of aliphatic hydroxyl groups excluding tert-OH is 3. The van der Waals surface area contributed by atoms with Crippen LogP contribution in [0.3, 0.4) is 0 Å². The molecule has 5 N–H and O–H groups in total. The third-order valence-corrected chi connectivity index (χ3v) is 9.23. The zero-order valence-corrected chi connectivity index (χ0v) is 21.0. The van der Waals surface area contributed by atoms with Crippen molar-refractivity contribution in [1.29, 1.82) is 0 Å². The second-order valence-corrected chi connectivity index (χ2v) is 11.7. The van der Waals surface area contributed by atoms with Gasteiger partial charge in [0, 0.05) is 0 Å². The highest BCUT2D eigenvalue weighted by molar-refractivity contribution is 7.80. The van der Waals surface area contributed by atoms with Crippen molar-refractivity contribution in [2.45, 2.75) is 84.6 Å². The van der Waals surface area contributed by atoms with Gasteiger partial charge in [0.15, 0.2) is 5.11 Å². The van der Waals surface area contributed by atoms with E-state index in [-0.39, 0.29) is 22.4 Å². The van der Waals surface area contributed by atoms with E-state index >= 15 is 0 Å². The van der Waals surface area contributed by atoms with Gasteiger partial charge in [-0.3, -0.25) is 4.79 Å². The molecule has 3 aliphatic rings. The Hall–Kier alpha value is -1.02. The number of carbonyl (C=O) groups excluding carboxylic acids is 1. The molecular weight excluding hydrogens is 424 g/mol. The second-order valence-electron chi connectivity index (χ2n) is 11.3. The first kappa shape index (κ1) is 25.6. The van der Waals surface area contributed by atoms with Crippen molar-refractivity contribution in [3.05, 3.63) is 11.1 Å². The topological polar surface area (TPSA) is 102 Å². The van der Waals surface area contributed by atoms with Crippen LogP contribution in [0.25, 0.3) is 0 Å². The molecular formula is C25H42N2O4S. The number of amides is 1. The highest BCUT2D eigenvalue weighted by atomic mass is 32.1. The number of aliphatic hydroxyl groups is 3. The van der Waals surface area contributed by atoms with Crippen LogP contribution < -0.4 is 10.6 Å². The minimum atomic E-state index is -1.36. The fourth-order valence-electron chi connectivity index (χ4n) is 6.81. The fourth-order valence-corrected chi connectivity index (χ4v) is 7.12. The summed E-state index contributed by atoms with van der Waals surface area (Å²) in [5.74, 6) is 1.66. The molecule has 0 aromatic rings. The molecule has 3 aliphatic carbocycles. The Morgan fingerprint density at radius 3 is 2.38 bits per heavy atom. The molecule has 4 atom stereocenters. The molecule has 6 nitrogen and oxygen atoms in total. The summed E-state index contributed by atoms with van der Waals surface area (Å²) in [6.45, 7) is 7.64. The van der Waals surface area contributed by atoms with E-state index in [0.29, 0.717) is 0 Å². The molecule has 0 aliphatic heterocycles. The molecule has 1 amide bonds. The third kappa shape index (κ3) is 4.50. The first-order chi connectivity index (χ1) is 15.0. The largest absolute Gasteiger partial charge is 0.394 e. The summed E-state index contributed by atoms with van der Waals surface area (Å²) in [7, 11) is 0. The van der Waals surface area contributed by atoms with Crippen LogP contribution in [-0.2, 0) is 4.79 Å². The number of fused-ring (bicyclic) bond motifs is 2. The molecule has 0 spiro atoms. The molecule has 1 saturated carbocycles. The van der Waals surface area contributed by atoms with Crippen molar-refractivity contribution >= 4 is 23.2 Å². The highest BCUT2D eigenvalue weighted by Crippen LogP contribution is 2.62. The molecule has 1 fully saturated rings. The van der Waals surface area contributed by atoms with Gasteiger partial charge in [0.25, 0.3) is 0 Å². The van der Waals surface area contributed by atoms with Gasteiger partial charge in [-0.15, -0.1) is 0 Å². The van der Waals surface area contributed by atoms with Gasteiger partial charge in [-0.05, 0) is 80.3 Å². The van der Waals surface area contributed by atoms with Crippen LogP contribution in [0.2, 0.25) is 0 Å². The number of rotatable bonds is 6. The summed E-state index contributed by atoms with van der Waals surface area (Å²) in [6, 6.07) is 0. The zero-order valence-electron chi connectivity index (χ0n) is 20.2. The number of allylic oxidation sites excluding steroid dienone is 2. The third-order valence-electron chi connectivity index (χ3n) is 9.03. The smallest absolute Gasteiger partial charge is 0.232 e. The standard InChI is InChI=1S/C25H42N2O4S/c1-16(2)17-6-8-19-18(12-17)7-9-20-23(19,3)10-5-11-24(20,4)21(31)26-22(32)27-25(13-28,14-29)15-30/h16-17,20,28-30H,5-15H2,1-4H3,(H2,26,27,31,32)/t17?,20?,23-,24-/m1/s1. The van der Waals surface area contributed by atoms with E-state index in [2.05, 4.69) is 38.3 Å². The lowest BCUT2D eigenvalue weighted by molar-refractivity contribution is -0.139. The van der Waals surface area contributed by atoms with Crippen LogP contribution in [0.15, 0.2) is 11.1 Å². The predicted molar refractivity (Wildman–Crippen MR) is 130 cm³/mol. The van der Waals surface area contributed by atoms with Crippen molar-refractivity contribution < 1.29 is 20.1 Å². The van der Waals surface area contributed by atoms with Crippen molar-refractivity contribution in [2.24, 2.45) is 28.6 Å². The quantitative estimate of drug-likeness (QED) is 0.305. The summed E-state index contributed by atoms with van der Waals surface area (Å²) < 4.78 is 0. The van der Waals surface area contributed by atoms with E-state index in [1.54, 1.807) is 11.1 Å². The number of hydrogen-bond acceptors (Lipinski definition) is 5. The number of hydrogen-bond donors (Lipinski definition) is 5. The molecule has 7 heteroatoms. The fraction of sp³-hybridized carbons (Fsp3) is 0.840. The average molecular weight is 467 g/mol. The molecule has 0 heterocycles. The van der Waals surface area contributed by atoms with Crippen molar-refractivity contribution in [3.8, 4) is 0 Å². The van der Waals surface area contributed by atoms with Crippen LogP contribution in [0.1, 0.15) is 79.1 Å². The summed E-state index contributed by atoms with van der Waals surface area (Å²) >= 11 is 5.31. The van der Waals surface area contributed by atoms with Gasteiger partial charge in [0.1, 0.15) is 5.54 Å². The monoisotopic (exact) mass is 466 g/mol. The highest BCUT2D eigenvalue weighted by Gasteiger charge is 2.56. The molecule has 0 saturated heterocycles. The molecule has 182 valence electrons. The van der Waals surface area contributed by atoms with Crippen molar-refractivity contribution in [3.63, 3.8) is 0 Å². The van der Waals surface area contributed by atoms with Gasteiger partial charge in [-0.2, -0.15) is 0 Å². The molecule has 0 aromatic heterocycles. The number of nitrogens with one attached hydrogen (secondary N) is 2. The van der Waals surface area contributed by atoms with Crippen molar-refractivity contribution in [1.82, 2.24) is 10.6 Å². The van der Waals surface area contributed by atoms with E-state index in [4.69, 9.17) is 12.2 Å².